The minimum atomic E-state index is -0.689. The summed E-state index contributed by atoms with van der Waals surface area (Å²) in [6, 6.07) is 10.0. The molecule has 8 nitrogen and oxygen atoms in total. The lowest BCUT2D eigenvalue weighted by molar-refractivity contribution is -0.117. The molecule has 0 saturated heterocycles. The summed E-state index contributed by atoms with van der Waals surface area (Å²) in [5, 5.41) is 5.41. The highest BCUT2D eigenvalue weighted by Gasteiger charge is 2.13. The smallest absolute Gasteiger partial charge is 0.283 e. The maximum Gasteiger partial charge on any atom is 0.283 e. The van der Waals surface area contributed by atoms with Crippen molar-refractivity contribution in [3.63, 3.8) is 0 Å². The monoisotopic (exact) mass is 346 g/mol. The largest absolute Gasteiger partial charge is 0.328 e. The number of halogens is 1. The van der Waals surface area contributed by atoms with E-state index in [4.69, 9.17) is 17.4 Å². The number of hydrogen-bond donors (Lipinski definition) is 4. The molecule has 1 aromatic carbocycles. The number of nitrogens with one attached hydrogen (secondary N) is 3. The van der Waals surface area contributed by atoms with Crippen LogP contribution in [0.4, 0.5) is 5.95 Å². The summed E-state index contributed by atoms with van der Waals surface area (Å²) < 4.78 is 0. The van der Waals surface area contributed by atoms with Gasteiger partial charge in [0.05, 0.1) is 0 Å². The molecule has 0 spiro atoms. The van der Waals surface area contributed by atoms with Gasteiger partial charge in [0, 0.05) is 17.5 Å². The second-order valence-electron chi connectivity index (χ2n) is 4.65. The Morgan fingerprint density at radius 1 is 1.21 bits per heavy atom. The minimum Gasteiger partial charge on any atom is -0.328 e. The third kappa shape index (κ3) is 4.77. The van der Waals surface area contributed by atoms with Crippen LogP contribution in [0.1, 0.15) is 16.1 Å². The quantitative estimate of drug-likeness (QED) is 0.211. The summed E-state index contributed by atoms with van der Waals surface area (Å²) in [7, 11) is 0. The average molecular weight is 347 g/mol. The molecule has 0 bridgehead atoms. The van der Waals surface area contributed by atoms with E-state index in [0.717, 1.165) is 0 Å². The van der Waals surface area contributed by atoms with Crippen LogP contribution in [-0.4, -0.2) is 21.8 Å². The maximum atomic E-state index is 12.1. The predicted molar refractivity (Wildman–Crippen MR) is 89.7 cm³/mol. The summed E-state index contributed by atoms with van der Waals surface area (Å²) in [6.45, 7) is 1.74. The summed E-state index contributed by atoms with van der Waals surface area (Å²) in [6.07, 6.45) is 1.23. The lowest BCUT2D eigenvalue weighted by Crippen LogP contribution is -2.38. The van der Waals surface area contributed by atoms with Crippen molar-refractivity contribution >= 4 is 29.4 Å². The third-order valence-corrected chi connectivity index (χ3v) is 3.02. The predicted octanol–water partition coefficient (Wildman–Crippen LogP) is 1.11. The van der Waals surface area contributed by atoms with Crippen LogP contribution in [0.5, 0.6) is 0 Å². The molecular weight excluding hydrogens is 332 g/mol. The van der Waals surface area contributed by atoms with Gasteiger partial charge in [-0.25, -0.2) is 15.8 Å². The number of rotatable bonds is 5. The first kappa shape index (κ1) is 17.4. The van der Waals surface area contributed by atoms with Gasteiger partial charge in [0.2, 0.25) is 5.95 Å². The fourth-order valence-electron chi connectivity index (χ4n) is 1.75. The van der Waals surface area contributed by atoms with Crippen molar-refractivity contribution in [2.75, 3.05) is 5.32 Å². The van der Waals surface area contributed by atoms with Crippen molar-refractivity contribution in [3.8, 4) is 0 Å². The molecule has 0 radical (unpaired) electrons. The molecule has 124 valence electrons. The fraction of sp³-hybridized carbons (Fsp3) is 0.0667. The van der Waals surface area contributed by atoms with E-state index in [9.17, 15) is 9.59 Å². The number of hydrogen-bond acceptors (Lipinski definition) is 6. The number of nitrogens with zero attached hydrogens (tertiary/aromatic N) is 2. The molecular formula is C15H15ClN6O2. The van der Waals surface area contributed by atoms with Crippen LogP contribution >= 0.6 is 11.6 Å². The Kier molecular flexibility index (Phi) is 5.83. The molecule has 2 aromatic rings. The Labute approximate surface area is 143 Å². The van der Waals surface area contributed by atoms with Crippen LogP contribution in [0.3, 0.4) is 0 Å². The molecule has 1 aromatic heterocycles. The molecule has 0 saturated carbocycles. The van der Waals surface area contributed by atoms with Crippen LogP contribution in [0.25, 0.3) is 0 Å². The molecule has 0 aliphatic heterocycles. The number of aromatic nitrogens is 2. The van der Waals surface area contributed by atoms with Crippen LogP contribution in [0, 0.1) is 6.92 Å². The van der Waals surface area contributed by atoms with Crippen LogP contribution in [0.15, 0.2) is 48.3 Å². The molecule has 0 aliphatic carbocycles. The fourth-order valence-corrected chi connectivity index (χ4v) is 1.99. The normalized spacial score (nSPS) is 10.9. The number of carbonyl (C=O) groups is 2. The lowest BCUT2D eigenvalue weighted by atomic mass is 10.2. The van der Waals surface area contributed by atoms with Gasteiger partial charge in [-0.2, -0.15) is 0 Å². The van der Waals surface area contributed by atoms with Gasteiger partial charge in [-0.05, 0) is 25.1 Å². The average Bonchev–Trinajstić information content (AvgIpc) is 2.57. The number of amides is 2. The van der Waals surface area contributed by atoms with Crippen molar-refractivity contribution in [2.24, 2.45) is 5.84 Å². The van der Waals surface area contributed by atoms with Gasteiger partial charge in [-0.15, -0.1) is 0 Å². The van der Waals surface area contributed by atoms with E-state index in [0.29, 0.717) is 11.3 Å². The van der Waals surface area contributed by atoms with E-state index in [1.54, 1.807) is 43.3 Å². The van der Waals surface area contributed by atoms with E-state index in [1.165, 1.54) is 6.20 Å². The van der Waals surface area contributed by atoms with Gasteiger partial charge in [0.1, 0.15) is 10.9 Å². The number of nitrogens with two attached hydrogens (primary N) is 1. The molecule has 9 heteroatoms. The second kappa shape index (κ2) is 8.04. The van der Waals surface area contributed by atoms with E-state index < -0.39 is 11.8 Å². The molecule has 1 heterocycles. The van der Waals surface area contributed by atoms with E-state index >= 15 is 0 Å². The van der Waals surface area contributed by atoms with Gasteiger partial charge in [0.25, 0.3) is 11.8 Å². The first-order chi connectivity index (χ1) is 11.5. The Morgan fingerprint density at radius 2 is 1.92 bits per heavy atom. The zero-order chi connectivity index (χ0) is 17.5. The SMILES string of the molecule is Cc1cc(Cl)nc(N/C=C(\NC(=O)c2ccccc2)C(=O)NN)n1. The zero-order valence-corrected chi connectivity index (χ0v) is 13.5. The Bertz CT molecular complexity index is 759. The summed E-state index contributed by atoms with van der Waals surface area (Å²) in [4.78, 5) is 32.0. The second-order valence-corrected chi connectivity index (χ2v) is 5.04. The molecule has 0 unspecified atom stereocenters. The first-order valence-corrected chi connectivity index (χ1v) is 7.22. The zero-order valence-electron chi connectivity index (χ0n) is 12.7. The molecule has 5 N–H and O–H groups in total. The third-order valence-electron chi connectivity index (χ3n) is 2.83. The van der Waals surface area contributed by atoms with Crippen LogP contribution < -0.4 is 21.9 Å². The summed E-state index contributed by atoms with van der Waals surface area (Å²) in [5.41, 5.74) is 2.88. The van der Waals surface area contributed by atoms with Crippen molar-refractivity contribution in [3.05, 3.63) is 64.7 Å². The standard InChI is InChI=1S/C15H15ClN6O2/c1-9-7-12(16)21-15(19-9)18-8-11(14(24)22-17)20-13(23)10-5-3-2-4-6-10/h2-8H,17H2,1H3,(H,20,23)(H,22,24)(H,18,19,21)/b11-8-. The molecule has 2 rings (SSSR count). The van der Waals surface area contributed by atoms with Crippen molar-refractivity contribution in [2.45, 2.75) is 6.92 Å². The van der Waals surface area contributed by atoms with E-state index in [-0.39, 0.29) is 16.8 Å². The molecule has 0 fully saturated rings. The van der Waals surface area contributed by atoms with Gasteiger partial charge >= 0.3 is 0 Å². The maximum absolute atomic E-state index is 12.1. The highest BCUT2D eigenvalue weighted by molar-refractivity contribution is 6.29. The van der Waals surface area contributed by atoms with E-state index in [1.807, 2.05) is 5.43 Å². The summed E-state index contributed by atoms with van der Waals surface area (Å²) in [5.74, 6) is 4.16. The highest BCUT2D eigenvalue weighted by atomic mass is 35.5. The van der Waals surface area contributed by atoms with Gasteiger partial charge in [0.15, 0.2) is 0 Å². The van der Waals surface area contributed by atoms with Crippen molar-refractivity contribution in [1.29, 1.82) is 0 Å². The van der Waals surface area contributed by atoms with Crippen LogP contribution in [0.2, 0.25) is 5.15 Å². The van der Waals surface area contributed by atoms with Gasteiger partial charge in [-0.3, -0.25) is 15.0 Å². The number of benzene rings is 1. The minimum absolute atomic E-state index is 0.104. The number of hydrazine groups is 1. The molecule has 0 atom stereocenters. The van der Waals surface area contributed by atoms with E-state index in [2.05, 4.69) is 20.6 Å². The Morgan fingerprint density at radius 3 is 2.54 bits per heavy atom. The van der Waals surface area contributed by atoms with Crippen molar-refractivity contribution < 1.29 is 9.59 Å². The number of carbonyl (C=O) groups excluding carboxylic acids is 2. The Balaban J connectivity index is 2.18. The topological polar surface area (TPSA) is 122 Å². The lowest BCUT2D eigenvalue weighted by Gasteiger charge is -2.09. The first-order valence-electron chi connectivity index (χ1n) is 6.85. The molecule has 0 aliphatic rings. The van der Waals surface area contributed by atoms with Crippen LogP contribution in [-0.2, 0) is 4.79 Å². The number of aryl methyl sites for hydroxylation is 1. The van der Waals surface area contributed by atoms with Gasteiger partial charge in [-0.1, -0.05) is 29.8 Å². The summed E-state index contributed by atoms with van der Waals surface area (Å²) >= 11 is 5.84. The van der Waals surface area contributed by atoms with Crippen molar-refractivity contribution in [1.82, 2.24) is 20.7 Å². The highest BCUT2D eigenvalue weighted by Crippen LogP contribution is 2.10. The van der Waals surface area contributed by atoms with Gasteiger partial charge < -0.3 is 10.6 Å². The Hall–Kier alpha value is -2.97. The molecule has 24 heavy (non-hydrogen) atoms. The number of anilines is 1. The molecule has 2 amide bonds.